The van der Waals surface area contributed by atoms with Crippen molar-refractivity contribution >= 4 is 12.6 Å². The maximum absolute atomic E-state index is 8.76. The molecule has 2 aliphatic rings. The van der Waals surface area contributed by atoms with Gasteiger partial charge in [0.1, 0.15) is 0 Å². The van der Waals surface area contributed by atoms with Crippen molar-refractivity contribution in [3.8, 4) is 5.75 Å². The standard InChI is InChI=1S/C6H4OS.C6H11.C6H10.Re.2Y/c7-5-3-1-2-4-6(5)8;2*1-2-4-6-5-3-1;;;/h1-2,7-8H;1H,2-6H2;1,6H,2-5H2;;;/q-2;-1;-2;;;. The number of phenolic OH excluding ortho intramolecular Hbond substituents is 1. The van der Waals surface area contributed by atoms with Gasteiger partial charge in [-0.3, -0.25) is 18.2 Å². The number of phenols is 1. The molecule has 0 bridgehead atoms. The smallest absolute Gasteiger partial charge is 0 e. The Labute approximate surface area is 212 Å². The number of aromatic hydroxyl groups is 1. The molecule has 1 aromatic carbocycles. The van der Waals surface area contributed by atoms with E-state index < -0.39 is 0 Å². The van der Waals surface area contributed by atoms with E-state index in [-0.39, 0.29) is 91.6 Å². The van der Waals surface area contributed by atoms with Crippen LogP contribution < -0.4 is 0 Å². The first-order valence-electron chi connectivity index (χ1n) is 7.56. The first kappa shape index (κ1) is 30.0. The van der Waals surface area contributed by atoms with Crippen molar-refractivity contribution in [1.29, 1.82) is 0 Å². The van der Waals surface area contributed by atoms with E-state index in [4.69, 9.17) is 5.11 Å². The number of thiol groups is 1. The van der Waals surface area contributed by atoms with E-state index in [1.165, 1.54) is 57.8 Å². The molecule has 0 unspecified atom stereocenters. The zero-order valence-corrected chi connectivity index (χ0v) is 23.0. The summed E-state index contributed by atoms with van der Waals surface area (Å²) < 4.78 is 0. The zero-order chi connectivity index (χ0) is 14.5. The molecule has 3 rings (SSSR count). The van der Waals surface area contributed by atoms with Gasteiger partial charge in [0.15, 0.2) is 0 Å². The van der Waals surface area contributed by atoms with E-state index in [1.807, 2.05) is 0 Å². The van der Waals surface area contributed by atoms with Crippen LogP contribution in [0.25, 0.3) is 0 Å². The average Bonchev–Trinajstić information content (AvgIpc) is 2.55. The predicted molar refractivity (Wildman–Crippen MR) is 87.5 cm³/mol. The summed E-state index contributed by atoms with van der Waals surface area (Å²) in [4.78, 5) is 0.438. The second kappa shape index (κ2) is 22.3. The third-order valence-corrected chi connectivity index (χ3v) is 3.55. The molecule has 1 N–H and O–H groups in total. The Balaban J connectivity index is -0.000000248. The third-order valence-electron chi connectivity index (χ3n) is 3.21. The van der Waals surface area contributed by atoms with Crippen molar-refractivity contribution in [2.24, 2.45) is 0 Å². The van der Waals surface area contributed by atoms with Crippen LogP contribution in [0.15, 0.2) is 17.0 Å². The molecular weight excluding hydrogens is 628 g/mol. The SMILES string of the molecule is Oc1[c-]cc[c-]c1S.[CH-]1CCCCC1.[CH-]1CC[CH-]CC1.[Re].[Y].[Y]. The van der Waals surface area contributed by atoms with Gasteiger partial charge in [0.2, 0.25) is 0 Å². The average molecular weight is 653 g/mol. The maximum atomic E-state index is 8.76. The summed E-state index contributed by atoms with van der Waals surface area (Å²) in [5, 5.41) is 8.76. The van der Waals surface area contributed by atoms with Crippen molar-refractivity contribution in [2.45, 2.75) is 62.7 Å². The van der Waals surface area contributed by atoms with Crippen molar-refractivity contribution in [2.75, 3.05) is 0 Å². The number of hydrogen-bond acceptors (Lipinski definition) is 2. The summed E-state index contributed by atoms with van der Waals surface area (Å²) in [6, 6.07) is 8.45. The molecule has 0 heterocycles. The van der Waals surface area contributed by atoms with E-state index in [0.717, 1.165) is 0 Å². The molecule has 0 amide bonds. The Kier molecular flexibility index (Phi) is 29.0. The summed E-state index contributed by atoms with van der Waals surface area (Å²) in [5.41, 5.74) is 0. The molecule has 127 valence electrons. The molecule has 2 aliphatic carbocycles. The normalized spacial score (nSPS) is 15.7. The predicted octanol–water partition coefficient (Wildman–Crippen LogP) is 5.40. The van der Waals surface area contributed by atoms with Crippen molar-refractivity contribution < 1.29 is 90.9 Å². The van der Waals surface area contributed by atoms with Gasteiger partial charge in [0.25, 0.3) is 0 Å². The second-order valence-corrected chi connectivity index (χ2v) is 5.43. The summed E-state index contributed by atoms with van der Waals surface area (Å²) in [7, 11) is 0. The number of rotatable bonds is 0. The molecule has 0 spiro atoms. The van der Waals surface area contributed by atoms with Crippen LogP contribution in [0.2, 0.25) is 0 Å². The largest absolute Gasteiger partial charge is 0.590 e. The fraction of sp³-hybridized carbons (Fsp3) is 0.500. The van der Waals surface area contributed by atoms with E-state index in [2.05, 4.69) is 44.0 Å². The van der Waals surface area contributed by atoms with Crippen LogP contribution in [0.5, 0.6) is 5.75 Å². The van der Waals surface area contributed by atoms with E-state index in [0.29, 0.717) is 4.90 Å². The second-order valence-electron chi connectivity index (χ2n) is 4.98. The summed E-state index contributed by atoms with van der Waals surface area (Å²) in [6.07, 6.45) is 19.5. The van der Waals surface area contributed by atoms with Crippen molar-refractivity contribution in [3.63, 3.8) is 0 Å². The van der Waals surface area contributed by atoms with Crippen LogP contribution in [-0.2, 0) is 85.8 Å². The Morgan fingerprint density at radius 1 is 0.783 bits per heavy atom. The van der Waals surface area contributed by atoms with Gasteiger partial charge in [-0.25, -0.2) is 38.3 Å². The molecule has 23 heavy (non-hydrogen) atoms. The molecule has 0 aliphatic heterocycles. The topological polar surface area (TPSA) is 20.2 Å². The zero-order valence-electron chi connectivity index (χ0n) is 13.7. The van der Waals surface area contributed by atoms with Gasteiger partial charge in [-0.2, -0.15) is 17.7 Å². The Morgan fingerprint density at radius 2 is 1.22 bits per heavy atom. The van der Waals surface area contributed by atoms with Gasteiger partial charge in [-0.05, 0) is 0 Å². The number of benzene rings is 1. The maximum Gasteiger partial charge on any atom is 0 e. The Morgan fingerprint density at radius 3 is 1.43 bits per heavy atom. The van der Waals surface area contributed by atoms with Crippen molar-refractivity contribution in [1.82, 2.24) is 0 Å². The van der Waals surface area contributed by atoms with Crippen molar-refractivity contribution in [3.05, 3.63) is 43.5 Å². The first-order valence-corrected chi connectivity index (χ1v) is 8.00. The van der Waals surface area contributed by atoms with Crippen LogP contribution in [0.4, 0.5) is 0 Å². The van der Waals surface area contributed by atoms with Gasteiger partial charge >= 0.3 is 0 Å². The molecule has 3 radical (unpaired) electrons. The Hall–Kier alpha value is 2.24. The summed E-state index contributed by atoms with van der Waals surface area (Å²) in [6.45, 7) is 0. The molecule has 0 aromatic heterocycles. The number of hydrogen-bond donors (Lipinski definition) is 2. The van der Waals surface area contributed by atoms with Gasteiger partial charge in [0, 0.05) is 85.8 Å². The quantitative estimate of drug-likeness (QED) is 0.284. The first-order chi connectivity index (χ1) is 9.80. The molecule has 2 saturated carbocycles. The minimum atomic E-state index is 0. The molecule has 0 atom stereocenters. The summed E-state index contributed by atoms with van der Waals surface area (Å²) in [5.74, 6) is 0.0517. The molecular formula is C18H25OReSY2-5. The fourth-order valence-electron chi connectivity index (χ4n) is 2.04. The monoisotopic (exact) mass is 654 g/mol. The van der Waals surface area contributed by atoms with Crippen LogP contribution in [0.3, 0.4) is 0 Å². The minimum Gasteiger partial charge on any atom is -0.590 e. The van der Waals surface area contributed by atoms with E-state index in [9.17, 15) is 0 Å². The molecule has 0 saturated heterocycles. The van der Waals surface area contributed by atoms with E-state index >= 15 is 0 Å². The van der Waals surface area contributed by atoms with Gasteiger partial charge < -0.3 is 30.4 Å². The van der Waals surface area contributed by atoms with Gasteiger partial charge in [-0.15, -0.1) is 0 Å². The van der Waals surface area contributed by atoms with Crippen LogP contribution in [-0.4, -0.2) is 5.11 Å². The molecule has 1 nitrogen and oxygen atoms in total. The molecule has 2 fully saturated rings. The van der Waals surface area contributed by atoms with Gasteiger partial charge in [0.05, 0.1) is 0 Å². The summed E-state index contributed by atoms with van der Waals surface area (Å²) >= 11 is 3.86. The van der Waals surface area contributed by atoms with Crippen LogP contribution in [0.1, 0.15) is 57.8 Å². The molecule has 5 heteroatoms. The third kappa shape index (κ3) is 18.8. The van der Waals surface area contributed by atoms with E-state index in [1.54, 1.807) is 12.1 Å². The van der Waals surface area contributed by atoms with Crippen LogP contribution >= 0.6 is 12.6 Å². The minimum absolute atomic E-state index is 0. The Bertz CT molecular complexity index is 290. The van der Waals surface area contributed by atoms with Gasteiger partial charge in [-0.1, -0.05) is 25.0 Å². The van der Waals surface area contributed by atoms with Crippen LogP contribution in [0, 0.1) is 31.4 Å². The fourth-order valence-corrected chi connectivity index (χ4v) is 2.18. The molecule has 1 aromatic rings.